The molecule has 0 aromatic heterocycles. The van der Waals surface area contributed by atoms with Crippen molar-refractivity contribution in [3.8, 4) is 6.07 Å². The number of nitriles is 1. The fraction of sp³-hybridized carbons (Fsp3) is 0.654. The normalized spacial score (nSPS) is 15.4. The summed E-state index contributed by atoms with van der Waals surface area (Å²) in [5.41, 5.74) is 1.67. The third kappa shape index (κ3) is 8.74. The van der Waals surface area contributed by atoms with Gasteiger partial charge >= 0.3 is 0 Å². The largest absolute Gasteiger partial charge is 0.342 e. The predicted octanol–water partition coefficient (Wildman–Crippen LogP) is 6.31. The van der Waals surface area contributed by atoms with Crippen LogP contribution in [-0.4, -0.2) is 41.1 Å². The molecule has 1 unspecified atom stereocenters. The molecule has 0 amide bonds. The van der Waals surface area contributed by atoms with Crippen LogP contribution in [0.5, 0.6) is 0 Å². The summed E-state index contributed by atoms with van der Waals surface area (Å²) in [7, 11) is -0.946. The lowest BCUT2D eigenvalue weighted by molar-refractivity contribution is -0.119. The second-order valence-corrected chi connectivity index (χ2v) is 11.2. The number of nitrogens with zero attached hydrogens (tertiary/aromatic N) is 2. The van der Waals surface area contributed by atoms with E-state index < -0.39 is 8.30 Å². The lowest BCUT2D eigenvalue weighted by Gasteiger charge is -2.37. The highest BCUT2D eigenvalue weighted by atomic mass is 31.2. The molecule has 0 N–H and O–H groups in total. The molecule has 1 atom stereocenters. The van der Waals surface area contributed by atoms with Gasteiger partial charge in [0.15, 0.2) is 5.78 Å². The van der Waals surface area contributed by atoms with Crippen molar-refractivity contribution in [2.24, 2.45) is 5.92 Å². The Labute approximate surface area is 195 Å². The SMILES string of the molecule is CC(C)N(C(C)C)P(CCC(=O)c1ccc(CC(=O)CC2CCCC2)cc1)OCCC#N. The minimum Gasteiger partial charge on any atom is -0.342 e. The van der Waals surface area contributed by atoms with E-state index in [9.17, 15) is 9.59 Å². The minimum atomic E-state index is -0.946. The van der Waals surface area contributed by atoms with Gasteiger partial charge in [-0.15, -0.1) is 0 Å². The molecule has 5 nitrogen and oxygen atoms in total. The third-order valence-corrected chi connectivity index (χ3v) is 8.49. The highest BCUT2D eigenvalue weighted by molar-refractivity contribution is 7.50. The molecule has 0 aliphatic heterocycles. The average Bonchev–Trinajstić information content (AvgIpc) is 3.24. The molecule has 6 heteroatoms. The Kier molecular flexibility index (Phi) is 11.5. The first-order valence-corrected chi connectivity index (χ1v) is 13.4. The van der Waals surface area contributed by atoms with Crippen LogP contribution < -0.4 is 0 Å². The Morgan fingerprint density at radius 2 is 1.75 bits per heavy atom. The van der Waals surface area contributed by atoms with E-state index in [0.29, 0.717) is 67.8 Å². The van der Waals surface area contributed by atoms with E-state index in [0.717, 1.165) is 5.56 Å². The summed E-state index contributed by atoms with van der Waals surface area (Å²) in [6, 6.07) is 10.3. The molecule has 0 spiro atoms. The second-order valence-electron chi connectivity index (χ2n) is 9.32. The first kappa shape index (κ1) is 26.7. The van der Waals surface area contributed by atoms with Crippen LogP contribution in [0.2, 0.25) is 0 Å². The molecule has 1 aliphatic rings. The van der Waals surface area contributed by atoms with Gasteiger partial charge in [0.2, 0.25) is 0 Å². The Morgan fingerprint density at radius 3 is 2.31 bits per heavy atom. The molecule has 2 rings (SSSR count). The van der Waals surface area contributed by atoms with Gasteiger partial charge in [-0.25, -0.2) is 0 Å². The van der Waals surface area contributed by atoms with Crippen LogP contribution in [0.3, 0.4) is 0 Å². The molecular formula is C26H39N2O3P. The number of hydrogen-bond donors (Lipinski definition) is 0. The number of benzene rings is 1. The smallest absolute Gasteiger partial charge is 0.163 e. The number of carbonyl (C=O) groups excluding carboxylic acids is 2. The first-order chi connectivity index (χ1) is 15.3. The van der Waals surface area contributed by atoms with Crippen molar-refractivity contribution in [1.82, 2.24) is 4.67 Å². The molecule has 1 fully saturated rings. The molecule has 32 heavy (non-hydrogen) atoms. The van der Waals surface area contributed by atoms with Gasteiger partial charge in [-0.3, -0.25) is 14.3 Å². The van der Waals surface area contributed by atoms with Crippen molar-refractivity contribution in [3.05, 3.63) is 35.4 Å². The van der Waals surface area contributed by atoms with Gasteiger partial charge in [0, 0.05) is 43.1 Å². The van der Waals surface area contributed by atoms with Gasteiger partial charge in [0.05, 0.1) is 19.1 Å². The van der Waals surface area contributed by atoms with Crippen molar-refractivity contribution in [2.45, 2.75) is 91.1 Å². The van der Waals surface area contributed by atoms with Gasteiger partial charge in [0.25, 0.3) is 0 Å². The molecule has 0 bridgehead atoms. The van der Waals surface area contributed by atoms with Crippen LogP contribution in [0.1, 0.15) is 88.6 Å². The van der Waals surface area contributed by atoms with Crippen molar-refractivity contribution in [3.63, 3.8) is 0 Å². The second kappa shape index (κ2) is 13.8. The number of carbonyl (C=O) groups is 2. The van der Waals surface area contributed by atoms with Crippen LogP contribution in [0.4, 0.5) is 0 Å². The maximum Gasteiger partial charge on any atom is 0.163 e. The Balaban J connectivity index is 1.91. The van der Waals surface area contributed by atoms with Gasteiger partial charge in [-0.1, -0.05) is 49.9 Å². The van der Waals surface area contributed by atoms with Crippen LogP contribution in [0, 0.1) is 17.2 Å². The monoisotopic (exact) mass is 458 g/mol. The van der Waals surface area contributed by atoms with E-state index in [-0.39, 0.29) is 5.78 Å². The zero-order valence-electron chi connectivity index (χ0n) is 20.2. The summed E-state index contributed by atoms with van der Waals surface area (Å²) >= 11 is 0. The van der Waals surface area contributed by atoms with Gasteiger partial charge in [0.1, 0.15) is 14.1 Å². The molecule has 0 radical (unpaired) electrons. The molecule has 1 aliphatic carbocycles. The Morgan fingerprint density at radius 1 is 1.12 bits per heavy atom. The highest BCUT2D eigenvalue weighted by Gasteiger charge is 2.26. The highest BCUT2D eigenvalue weighted by Crippen LogP contribution is 2.45. The van der Waals surface area contributed by atoms with Crippen molar-refractivity contribution in [1.29, 1.82) is 5.26 Å². The topological polar surface area (TPSA) is 70.4 Å². The summed E-state index contributed by atoms with van der Waals surface area (Å²) < 4.78 is 8.37. The van der Waals surface area contributed by atoms with Gasteiger partial charge in [-0.2, -0.15) is 5.26 Å². The third-order valence-electron chi connectivity index (χ3n) is 5.97. The predicted molar refractivity (Wildman–Crippen MR) is 131 cm³/mol. The molecule has 0 saturated heterocycles. The number of hydrogen-bond acceptors (Lipinski definition) is 5. The number of Topliss-reactive ketones (excluding diaryl/α,β-unsaturated/α-hetero) is 2. The van der Waals surface area contributed by atoms with Crippen LogP contribution >= 0.6 is 8.30 Å². The molecular weight excluding hydrogens is 419 g/mol. The zero-order valence-corrected chi connectivity index (χ0v) is 21.1. The van der Waals surface area contributed by atoms with E-state index in [2.05, 4.69) is 38.4 Å². The maximum absolute atomic E-state index is 12.8. The average molecular weight is 459 g/mol. The first-order valence-electron chi connectivity index (χ1n) is 12.0. The molecule has 1 aromatic carbocycles. The van der Waals surface area contributed by atoms with Gasteiger partial charge < -0.3 is 4.52 Å². The van der Waals surface area contributed by atoms with E-state index >= 15 is 0 Å². The van der Waals surface area contributed by atoms with Crippen molar-refractivity contribution in [2.75, 3.05) is 12.8 Å². The fourth-order valence-electron chi connectivity index (χ4n) is 4.54. The summed E-state index contributed by atoms with van der Waals surface area (Å²) in [6.07, 6.45) is 7.46. The Hall–Kier alpha value is -1.60. The summed E-state index contributed by atoms with van der Waals surface area (Å²) in [6.45, 7) is 8.94. The van der Waals surface area contributed by atoms with Gasteiger partial charge in [-0.05, 0) is 39.2 Å². The van der Waals surface area contributed by atoms with Crippen LogP contribution in [0.15, 0.2) is 24.3 Å². The molecule has 1 aromatic rings. The van der Waals surface area contributed by atoms with Crippen molar-refractivity contribution >= 4 is 19.9 Å². The molecule has 0 heterocycles. The van der Waals surface area contributed by atoms with E-state index in [1.165, 1.54) is 25.7 Å². The minimum absolute atomic E-state index is 0.0951. The fourth-order valence-corrected chi connectivity index (χ4v) is 6.76. The quantitative estimate of drug-likeness (QED) is 0.186. The standard InChI is InChI=1S/C26H39N2O3P/c1-20(2)28(21(3)4)32(31-16-7-15-27)17-14-26(30)24-12-10-23(11-13-24)19-25(29)18-22-8-5-6-9-22/h10-13,20-22H,5-9,14,16-19H2,1-4H3. The lowest BCUT2D eigenvalue weighted by Crippen LogP contribution is -2.34. The van der Waals surface area contributed by atoms with Crippen LogP contribution in [0.25, 0.3) is 0 Å². The summed E-state index contributed by atoms with van der Waals surface area (Å²) in [5, 5.41) is 8.84. The number of ketones is 2. The number of rotatable bonds is 14. The summed E-state index contributed by atoms with van der Waals surface area (Å²) in [4.78, 5) is 25.2. The summed E-state index contributed by atoms with van der Waals surface area (Å²) in [5.74, 6) is 0.973. The Bertz CT molecular complexity index is 756. The van der Waals surface area contributed by atoms with E-state index in [4.69, 9.17) is 9.79 Å². The van der Waals surface area contributed by atoms with Crippen molar-refractivity contribution < 1.29 is 14.1 Å². The maximum atomic E-state index is 12.8. The van der Waals surface area contributed by atoms with Crippen LogP contribution in [-0.2, 0) is 15.7 Å². The lowest BCUT2D eigenvalue weighted by atomic mass is 9.96. The van der Waals surface area contributed by atoms with E-state index in [1.54, 1.807) is 0 Å². The van der Waals surface area contributed by atoms with E-state index in [1.807, 2.05) is 24.3 Å². The molecule has 176 valence electrons. The zero-order chi connectivity index (χ0) is 23.5. The molecule has 1 saturated carbocycles.